The first-order valence-electron chi connectivity index (χ1n) is 6.07. The second kappa shape index (κ2) is 5.02. The van der Waals surface area contributed by atoms with Crippen molar-refractivity contribution in [2.24, 2.45) is 0 Å². The van der Waals surface area contributed by atoms with E-state index in [4.69, 9.17) is 12.4 Å². The molecule has 2 rings (SSSR count). The van der Waals surface area contributed by atoms with Gasteiger partial charge in [-0.1, -0.05) is 12.1 Å². The second-order valence-corrected chi connectivity index (χ2v) is 6.05. The van der Waals surface area contributed by atoms with Gasteiger partial charge in [0.15, 0.2) is 23.0 Å². The van der Waals surface area contributed by atoms with Gasteiger partial charge in [-0.3, -0.25) is 0 Å². The standard InChI is InChI=1S/C13H18BIO3/c1-12(2)13(3,4)18-14(17-12)9-10-5-7-11(16-15)8-6-10/h5-8H,9H2,1-4H3. The Kier molecular flexibility index (Phi) is 3.94. The highest BCUT2D eigenvalue weighted by Crippen LogP contribution is 2.37. The molecule has 0 bridgehead atoms. The van der Waals surface area contributed by atoms with Gasteiger partial charge in [-0.2, -0.15) is 0 Å². The molecule has 18 heavy (non-hydrogen) atoms. The Labute approximate surface area is 123 Å². The van der Waals surface area contributed by atoms with Crippen LogP contribution < -0.4 is 3.07 Å². The normalized spacial score (nSPS) is 21.1. The lowest BCUT2D eigenvalue weighted by atomic mass is 9.81. The molecule has 5 heteroatoms. The topological polar surface area (TPSA) is 27.7 Å². The van der Waals surface area contributed by atoms with Crippen molar-refractivity contribution in [3.05, 3.63) is 29.8 Å². The lowest BCUT2D eigenvalue weighted by Crippen LogP contribution is -2.41. The van der Waals surface area contributed by atoms with Crippen LogP contribution in [-0.2, 0) is 15.6 Å². The van der Waals surface area contributed by atoms with Gasteiger partial charge in [0, 0.05) is 6.32 Å². The summed E-state index contributed by atoms with van der Waals surface area (Å²) < 4.78 is 17.1. The van der Waals surface area contributed by atoms with Crippen molar-refractivity contribution in [1.82, 2.24) is 0 Å². The van der Waals surface area contributed by atoms with Crippen molar-refractivity contribution in [1.29, 1.82) is 0 Å². The molecule has 0 aromatic heterocycles. The minimum absolute atomic E-state index is 0.179. The van der Waals surface area contributed by atoms with Crippen molar-refractivity contribution in [2.75, 3.05) is 0 Å². The zero-order valence-electron chi connectivity index (χ0n) is 11.2. The zero-order chi connectivity index (χ0) is 13.4. The minimum Gasteiger partial charge on any atom is -0.428 e. The molecule has 3 nitrogen and oxygen atoms in total. The van der Waals surface area contributed by atoms with Crippen LogP contribution in [-0.4, -0.2) is 18.3 Å². The number of rotatable bonds is 3. The average Bonchev–Trinajstić information content (AvgIpc) is 2.48. The van der Waals surface area contributed by atoms with Crippen molar-refractivity contribution in [3.8, 4) is 5.75 Å². The summed E-state index contributed by atoms with van der Waals surface area (Å²) >= 11 is 1.87. The Morgan fingerprint density at radius 2 is 1.56 bits per heavy atom. The molecule has 98 valence electrons. The average molecular weight is 360 g/mol. The molecule has 1 aromatic carbocycles. The van der Waals surface area contributed by atoms with Crippen LogP contribution >= 0.6 is 23.0 Å². The Morgan fingerprint density at radius 3 is 2.00 bits per heavy atom. The molecule has 1 saturated heterocycles. The number of hydrogen-bond acceptors (Lipinski definition) is 3. The van der Waals surface area contributed by atoms with Crippen LogP contribution in [0.2, 0.25) is 0 Å². The quantitative estimate of drug-likeness (QED) is 0.609. The van der Waals surface area contributed by atoms with Crippen LogP contribution in [0.15, 0.2) is 24.3 Å². The molecule has 1 aromatic rings. The second-order valence-electron chi connectivity index (χ2n) is 5.61. The lowest BCUT2D eigenvalue weighted by Gasteiger charge is -2.32. The maximum atomic E-state index is 5.97. The first-order chi connectivity index (χ1) is 8.34. The van der Waals surface area contributed by atoms with Crippen LogP contribution in [0.5, 0.6) is 5.75 Å². The number of hydrogen-bond donors (Lipinski definition) is 0. The first kappa shape index (κ1) is 14.2. The van der Waals surface area contributed by atoms with Gasteiger partial charge in [-0.15, -0.1) is 0 Å². The summed E-state index contributed by atoms with van der Waals surface area (Å²) in [4.78, 5) is 0. The lowest BCUT2D eigenvalue weighted by molar-refractivity contribution is 0.00578. The van der Waals surface area contributed by atoms with Crippen molar-refractivity contribution < 1.29 is 12.4 Å². The Morgan fingerprint density at radius 1 is 1.06 bits per heavy atom. The first-order valence-corrected chi connectivity index (χ1v) is 6.95. The fourth-order valence-electron chi connectivity index (χ4n) is 1.92. The Hall–Kier alpha value is -0.265. The maximum Gasteiger partial charge on any atom is 0.462 e. The molecule has 0 aliphatic carbocycles. The number of benzene rings is 1. The molecule has 0 atom stereocenters. The maximum absolute atomic E-state index is 5.97. The molecular weight excluding hydrogens is 342 g/mol. The van der Waals surface area contributed by atoms with Gasteiger partial charge in [0.2, 0.25) is 0 Å². The summed E-state index contributed by atoms with van der Waals surface area (Å²) in [5.41, 5.74) is 0.664. The number of halogens is 1. The fourth-order valence-corrected chi connectivity index (χ4v) is 2.21. The third-order valence-corrected chi connectivity index (χ3v) is 4.23. The highest BCUT2D eigenvalue weighted by molar-refractivity contribution is 14.1. The summed E-state index contributed by atoms with van der Waals surface area (Å²) in [6.07, 6.45) is 0.758. The van der Waals surface area contributed by atoms with Crippen molar-refractivity contribution in [3.63, 3.8) is 0 Å². The molecule has 0 spiro atoms. The summed E-state index contributed by atoms with van der Waals surface area (Å²) in [6.45, 7) is 8.28. The predicted molar refractivity (Wildman–Crippen MR) is 80.9 cm³/mol. The van der Waals surface area contributed by atoms with E-state index in [0.29, 0.717) is 0 Å². The van der Waals surface area contributed by atoms with Gasteiger partial charge in [0.05, 0.1) is 11.2 Å². The molecule has 0 saturated carbocycles. The van der Waals surface area contributed by atoms with E-state index in [9.17, 15) is 0 Å². The molecule has 0 amide bonds. The summed E-state index contributed by atoms with van der Waals surface area (Å²) in [5, 5.41) is 0. The van der Waals surface area contributed by atoms with Crippen molar-refractivity contribution in [2.45, 2.75) is 45.2 Å². The summed E-state index contributed by atoms with van der Waals surface area (Å²) in [6, 6.07) is 7.98. The van der Waals surface area contributed by atoms with E-state index in [-0.39, 0.29) is 18.3 Å². The van der Waals surface area contributed by atoms with E-state index in [1.807, 2.05) is 47.3 Å². The predicted octanol–water partition coefficient (Wildman–Crippen LogP) is 3.59. The molecule has 0 radical (unpaired) electrons. The van der Waals surface area contributed by atoms with E-state index in [1.165, 1.54) is 5.56 Å². The van der Waals surface area contributed by atoms with Crippen LogP contribution in [0, 0.1) is 0 Å². The molecule has 1 heterocycles. The summed E-state index contributed by atoms with van der Waals surface area (Å²) in [7, 11) is -0.179. The third kappa shape index (κ3) is 2.83. The monoisotopic (exact) mass is 360 g/mol. The third-order valence-electron chi connectivity index (χ3n) is 3.72. The van der Waals surface area contributed by atoms with Crippen LogP contribution in [0.4, 0.5) is 0 Å². The molecule has 0 N–H and O–H groups in total. The van der Waals surface area contributed by atoms with E-state index < -0.39 is 0 Å². The smallest absolute Gasteiger partial charge is 0.428 e. The van der Waals surface area contributed by atoms with Crippen LogP contribution in [0.25, 0.3) is 0 Å². The van der Waals surface area contributed by atoms with E-state index in [0.717, 1.165) is 12.1 Å². The van der Waals surface area contributed by atoms with Crippen LogP contribution in [0.3, 0.4) is 0 Å². The van der Waals surface area contributed by atoms with Gasteiger partial charge in [0.1, 0.15) is 5.75 Å². The van der Waals surface area contributed by atoms with Gasteiger partial charge in [-0.25, -0.2) is 0 Å². The molecule has 1 aliphatic heterocycles. The minimum atomic E-state index is -0.261. The molecule has 1 fully saturated rings. The molecule has 0 unspecified atom stereocenters. The van der Waals surface area contributed by atoms with Gasteiger partial charge >= 0.3 is 7.12 Å². The van der Waals surface area contributed by atoms with E-state index in [2.05, 4.69) is 27.7 Å². The van der Waals surface area contributed by atoms with E-state index >= 15 is 0 Å². The fraction of sp³-hybridized carbons (Fsp3) is 0.538. The van der Waals surface area contributed by atoms with Gasteiger partial charge in [0.25, 0.3) is 0 Å². The van der Waals surface area contributed by atoms with E-state index in [1.54, 1.807) is 0 Å². The molecule has 1 aliphatic rings. The SMILES string of the molecule is CC1(C)OB(Cc2ccc(OI)cc2)OC1(C)C. The molecular formula is C13H18BIO3. The van der Waals surface area contributed by atoms with Gasteiger partial charge < -0.3 is 12.4 Å². The highest BCUT2D eigenvalue weighted by atomic mass is 127. The summed E-state index contributed by atoms with van der Waals surface area (Å²) in [5.74, 6) is 0.855. The van der Waals surface area contributed by atoms with Crippen LogP contribution in [0.1, 0.15) is 33.3 Å². The highest BCUT2D eigenvalue weighted by Gasteiger charge is 2.50. The Balaban J connectivity index is 2.03. The zero-order valence-corrected chi connectivity index (χ0v) is 13.4. The Bertz CT molecular complexity index is 401. The van der Waals surface area contributed by atoms with Gasteiger partial charge in [-0.05, 0) is 45.4 Å². The van der Waals surface area contributed by atoms with Crippen molar-refractivity contribution >= 4 is 30.1 Å². The largest absolute Gasteiger partial charge is 0.462 e.